The first kappa shape index (κ1) is 31.6. The third-order valence-corrected chi connectivity index (χ3v) is 11.8. The van der Waals surface area contributed by atoms with Crippen LogP contribution in [0.15, 0.2) is 47.4 Å². The van der Waals surface area contributed by atoms with E-state index >= 15 is 0 Å². The fraction of sp³-hybridized carbons (Fsp3) is 0.536. The number of carbonyl (C=O) groups is 1. The van der Waals surface area contributed by atoms with Crippen LogP contribution in [0.2, 0.25) is 0 Å². The van der Waals surface area contributed by atoms with Gasteiger partial charge >= 0.3 is 18.0 Å². The molecule has 2 aromatic rings. The molecule has 3 aliphatic carbocycles. The van der Waals surface area contributed by atoms with Crippen molar-refractivity contribution in [1.29, 1.82) is 0 Å². The average molecular weight is 642 g/mol. The molecular formula is C28H27F8NO5S. The van der Waals surface area contributed by atoms with E-state index in [9.17, 15) is 58.5 Å². The van der Waals surface area contributed by atoms with Gasteiger partial charge in [-0.2, -0.15) is 26.3 Å². The number of aliphatic hydroxyl groups excluding tert-OH is 2. The molecule has 2 saturated carbocycles. The van der Waals surface area contributed by atoms with Crippen molar-refractivity contribution in [2.45, 2.75) is 84.4 Å². The van der Waals surface area contributed by atoms with E-state index in [0.717, 1.165) is 30.3 Å². The summed E-state index contributed by atoms with van der Waals surface area (Å²) in [5.41, 5.74) is -7.78. The molecule has 2 fully saturated rings. The van der Waals surface area contributed by atoms with Crippen LogP contribution in [0.3, 0.4) is 0 Å². The Morgan fingerprint density at radius 1 is 0.884 bits per heavy atom. The van der Waals surface area contributed by atoms with Crippen LogP contribution in [-0.2, 0) is 31.5 Å². The van der Waals surface area contributed by atoms with Crippen LogP contribution in [0, 0.1) is 17.7 Å². The Morgan fingerprint density at radius 2 is 1.47 bits per heavy atom. The SMILES string of the molecule is O=C(N[C@@H]1CCC2(S(=O)(=O)c3ccc(F)cc3)c3ccc(C(F)(C(F)(F)F)C(F)(F)F)cc3CC[C@@H]12)C1CC(O)C(O)C1. The molecule has 236 valence electrons. The first-order chi connectivity index (χ1) is 19.8. The van der Waals surface area contributed by atoms with Crippen molar-refractivity contribution < 1.29 is 58.5 Å². The number of aliphatic hydroxyl groups is 2. The molecule has 0 bridgehead atoms. The number of aryl methyl sites for hydroxylation is 1. The maximum Gasteiger partial charge on any atom is 0.435 e. The predicted octanol–water partition coefficient (Wildman–Crippen LogP) is 4.76. The molecule has 0 heterocycles. The molecule has 1 amide bonds. The van der Waals surface area contributed by atoms with Crippen molar-refractivity contribution in [1.82, 2.24) is 5.32 Å². The Hall–Kier alpha value is -2.78. The lowest BCUT2D eigenvalue weighted by Gasteiger charge is -2.43. The molecule has 2 aromatic carbocycles. The number of carbonyl (C=O) groups excluding carboxylic acids is 1. The zero-order valence-corrected chi connectivity index (χ0v) is 23.0. The highest BCUT2D eigenvalue weighted by Crippen LogP contribution is 2.59. The van der Waals surface area contributed by atoms with E-state index in [1.165, 1.54) is 0 Å². The standard InChI is InChI=1S/C28H27F8NO5S/c29-17-3-5-18(6-4-17)43(41,42)25-10-9-21(37-24(40)15-12-22(38)23(39)13-15)20(25)7-1-14-11-16(2-8-19(14)25)26(30,27(31,32)33)28(34,35)36/h2-6,8,11,15,20-23,38-39H,1,7,9-10,12-13H2,(H,37,40)/t15?,20-,21+,22?,23?,25?/m0/s1. The number of rotatable bonds is 5. The molecule has 6 nitrogen and oxygen atoms in total. The van der Waals surface area contributed by atoms with E-state index in [1.54, 1.807) is 0 Å². The number of hydrogen-bond acceptors (Lipinski definition) is 5. The maximum absolute atomic E-state index is 14.9. The number of sulfone groups is 1. The number of alkyl halides is 7. The Bertz CT molecular complexity index is 1490. The van der Waals surface area contributed by atoms with Crippen LogP contribution in [0.5, 0.6) is 0 Å². The third kappa shape index (κ3) is 4.82. The van der Waals surface area contributed by atoms with Gasteiger partial charge in [0.15, 0.2) is 9.84 Å². The van der Waals surface area contributed by atoms with Gasteiger partial charge in [-0.15, -0.1) is 0 Å². The van der Waals surface area contributed by atoms with Gasteiger partial charge in [-0.05, 0) is 73.9 Å². The van der Waals surface area contributed by atoms with Crippen molar-refractivity contribution >= 4 is 15.7 Å². The molecule has 5 atom stereocenters. The number of benzene rings is 2. The van der Waals surface area contributed by atoms with Crippen LogP contribution in [0.1, 0.15) is 48.8 Å². The molecular weight excluding hydrogens is 614 g/mol. The summed E-state index contributed by atoms with van der Waals surface area (Å²) in [7, 11) is -4.54. The minimum atomic E-state index is -6.36. The molecule has 3 aliphatic rings. The van der Waals surface area contributed by atoms with Crippen LogP contribution in [0.25, 0.3) is 0 Å². The van der Waals surface area contributed by atoms with Gasteiger partial charge in [-0.3, -0.25) is 4.79 Å². The van der Waals surface area contributed by atoms with Crippen molar-refractivity contribution in [3.63, 3.8) is 0 Å². The smallest absolute Gasteiger partial charge is 0.390 e. The summed E-state index contributed by atoms with van der Waals surface area (Å²) in [6.45, 7) is 0. The Kier molecular flexibility index (Phi) is 7.65. The molecule has 43 heavy (non-hydrogen) atoms. The normalized spacial score (nSPS) is 29.7. The van der Waals surface area contributed by atoms with E-state index < -0.39 is 80.0 Å². The minimum absolute atomic E-state index is 0.0294. The molecule has 0 saturated heterocycles. The van der Waals surface area contributed by atoms with Gasteiger partial charge in [0.2, 0.25) is 5.91 Å². The van der Waals surface area contributed by atoms with Crippen LogP contribution >= 0.6 is 0 Å². The first-order valence-corrected chi connectivity index (χ1v) is 15.0. The molecule has 3 N–H and O–H groups in total. The molecule has 0 spiro atoms. The molecule has 15 heteroatoms. The zero-order chi connectivity index (χ0) is 31.8. The number of amides is 1. The van der Waals surface area contributed by atoms with E-state index in [-0.39, 0.29) is 60.6 Å². The monoisotopic (exact) mass is 641 g/mol. The minimum Gasteiger partial charge on any atom is -0.390 e. The maximum atomic E-state index is 14.9. The summed E-state index contributed by atoms with van der Waals surface area (Å²) in [6.07, 6.45) is -15.5. The van der Waals surface area contributed by atoms with Gasteiger partial charge < -0.3 is 15.5 Å². The average Bonchev–Trinajstić information content (AvgIpc) is 3.47. The van der Waals surface area contributed by atoms with Gasteiger partial charge in [0, 0.05) is 23.4 Å². The molecule has 5 rings (SSSR count). The highest BCUT2D eigenvalue weighted by molar-refractivity contribution is 7.92. The summed E-state index contributed by atoms with van der Waals surface area (Å²) in [5.74, 6) is -2.98. The summed E-state index contributed by atoms with van der Waals surface area (Å²) < 4.78 is 136. The highest BCUT2D eigenvalue weighted by atomic mass is 32.2. The highest BCUT2D eigenvalue weighted by Gasteiger charge is 2.73. The lowest BCUT2D eigenvalue weighted by Crippen LogP contribution is -2.51. The Balaban J connectivity index is 1.61. The summed E-state index contributed by atoms with van der Waals surface area (Å²) in [4.78, 5) is 12.7. The first-order valence-electron chi connectivity index (χ1n) is 13.5. The van der Waals surface area contributed by atoms with E-state index in [1.807, 2.05) is 0 Å². The van der Waals surface area contributed by atoms with Crippen molar-refractivity contribution in [3.8, 4) is 0 Å². The Morgan fingerprint density at radius 3 is 2.02 bits per heavy atom. The van der Waals surface area contributed by atoms with Gasteiger partial charge in [-0.25, -0.2) is 17.2 Å². The topological polar surface area (TPSA) is 104 Å². The summed E-state index contributed by atoms with van der Waals surface area (Å²) in [6, 6.07) is 4.42. The van der Waals surface area contributed by atoms with E-state index in [2.05, 4.69) is 5.32 Å². The van der Waals surface area contributed by atoms with Gasteiger partial charge in [0.05, 0.1) is 17.1 Å². The quantitative estimate of drug-likeness (QED) is 0.323. The van der Waals surface area contributed by atoms with Crippen molar-refractivity contribution in [2.75, 3.05) is 0 Å². The molecule has 3 unspecified atom stereocenters. The summed E-state index contributed by atoms with van der Waals surface area (Å²) >= 11 is 0. The number of hydrogen-bond donors (Lipinski definition) is 3. The fourth-order valence-electron chi connectivity index (χ4n) is 7.06. The fourth-order valence-corrected chi connectivity index (χ4v) is 9.53. The summed E-state index contributed by atoms with van der Waals surface area (Å²) in [5, 5.41) is 22.5. The van der Waals surface area contributed by atoms with Crippen LogP contribution < -0.4 is 5.32 Å². The lowest BCUT2D eigenvalue weighted by molar-refractivity contribution is -0.348. The lowest BCUT2D eigenvalue weighted by atomic mass is 9.74. The molecule has 0 aliphatic heterocycles. The second-order valence-electron chi connectivity index (χ2n) is 11.5. The van der Waals surface area contributed by atoms with Gasteiger partial charge in [0.1, 0.15) is 10.6 Å². The Labute approximate surface area is 241 Å². The van der Waals surface area contributed by atoms with Gasteiger partial charge in [0.25, 0.3) is 0 Å². The van der Waals surface area contributed by atoms with Gasteiger partial charge in [-0.1, -0.05) is 18.2 Å². The van der Waals surface area contributed by atoms with Crippen LogP contribution in [0.4, 0.5) is 35.1 Å². The van der Waals surface area contributed by atoms with Crippen molar-refractivity contribution in [2.24, 2.45) is 11.8 Å². The predicted molar refractivity (Wildman–Crippen MR) is 134 cm³/mol. The largest absolute Gasteiger partial charge is 0.435 e. The number of nitrogens with one attached hydrogen (secondary N) is 1. The number of fused-ring (bicyclic) bond motifs is 3. The molecule has 0 aromatic heterocycles. The van der Waals surface area contributed by atoms with E-state index in [4.69, 9.17) is 0 Å². The zero-order valence-electron chi connectivity index (χ0n) is 22.2. The molecule has 0 radical (unpaired) electrons. The number of halogens is 8. The third-order valence-electron chi connectivity index (χ3n) is 9.17. The second-order valence-corrected chi connectivity index (χ2v) is 13.7. The second kappa shape index (κ2) is 10.4. The van der Waals surface area contributed by atoms with Crippen molar-refractivity contribution in [3.05, 3.63) is 65.0 Å². The van der Waals surface area contributed by atoms with E-state index in [0.29, 0.717) is 6.07 Å². The van der Waals surface area contributed by atoms with Crippen LogP contribution in [-0.4, -0.2) is 55.1 Å².